The lowest BCUT2D eigenvalue weighted by Crippen LogP contribution is -2.59. The molecule has 1 unspecified atom stereocenters. The SMILES string of the molecule is CNc1cc(Nc2cccn(C3CCC(OC)CC3)c2=O)nc2c(C(=O)NC3CC[C@@]3(C)OC)cnn12. The highest BCUT2D eigenvalue weighted by atomic mass is 16.5. The third kappa shape index (κ3) is 4.69. The predicted octanol–water partition coefficient (Wildman–Crippen LogP) is 3.10. The fraction of sp³-hybridized carbons (Fsp3) is 0.538. The molecule has 11 nitrogen and oxygen atoms in total. The summed E-state index contributed by atoms with van der Waals surface area (Å²) in [6, 6.07) is 5.44. The molecule has 37 heavy (non-hydrogen) atoms. The normalized spacial score (nSPS) is 25.5. The fourth-order valence-corrected chi connectivity index (χ4v) is 5.36. The number of aromatic nitrogens is 4. The summed E-state index contributed by atoms with van der Waals surface area (Å²) in [4.78, 5) is 31.2. The number of nitrogens with one attached hydrogen (secondary N) is 3. The van der Waals surface area contributed by atoms with Gasteiger partial charge in [0.25, 0.3) is 11.5 Å². The minimum Gasteiger partial charge on any atom is -0.381 e. The van der Waals surface area contributed by atoms with Crippen molar-refractivity contribution in [3.63, 3.8) is 0 Å². The van der Waals surface area contributed by atoms with Crippen molar-refractivity contribution in [3.8, 4) is 0 Å². The number of ether oxygens (including phenoxy) is 2. The largest absolute Gasteiger partial charge is 0.381 e. The van der Waals surface area contributed by atoms with Crippen molar-refractivity contribution in [2.45, 2.75) is 69.2 Å². The molecule has 0 aromatic carbocycles. The van der Waals surface area contributed by atoms with Crippen LogP contribution in [-0.4, -0.2) is 64.1 Å². The Bertz CT molecular complexity index is 1340. The number of pyridine rings is 1. The molecule has 2 atom stereocenters. The van der Waals surface area contributed by atoms with E-state index >= 15 is 0 Å². The number of carbonyl (C=O) groups excluding carboxylic acids is 1. The summed E-state index contributed by atoms with van der Waals surface area (Å²) in [5.74, 6) is 0.809. The summed E-state index contributed by atoms with van der Waals surface area (Å²) in [6.45, 7) is 1.99. The van der Waals surface area contributed by atoms with Crippen LogP contribution in [0.4, 0.5) is 17.3 Å². The molecule has 2 aliphatic rings. The van der Waals surface area contributed by atoms with Crippen LogP contribution in [0.1, 0.15) is 61.8 Å². The van der Waals surface area contributed by atoms with Crippen LogP contribution in [0.3, 0.4) is 0 Å². The summed E-state index contributed by atoms with van der Waals surface area (Å²) in [5.41, 5.74) is 0.688. The Morgan fingerprint density at radius 3 is 2.62 bits per heavy atom. The number of fused-ring (bicyclic) bond motifs is 1. The Labute approximate surface area is 215 Å². The van der Waals surface area contributed by atoms with Crippen molar-refractivity contribution in [1.82, 2.24) is 24.5 Å². The molecule has 2 saturated carbocycles. The Balaban J connectivity index is 1.41. The second kappa shape index (κ2) is 10.1. The van der Waals surface area contributed by atoms with E-state index in [1.54, 1.807) is 42.5 Å². The van der Waals surface area contributed by atoms with Gasteiger partial charge in [-0.05, 0) is 57.6 Å². The molecule has 0 radical (unpaired) electrons. The second-order valence-electron chi connectivity index (χ2n) is 10.1. The van der Waals surface area contributed by atoms with Crippen molar-refractivity contribution in [2.24, 2.45) is 0 Å². The molecule has 5 rings (SSSR count). The van der Waals surface area contributed by atoms with Gasteiger partial charge < -0.3 is 30.0 Å². The number of carbonyl (C=O) groups is 1. The van der Waals surface area contributed by atoms with Gasteiger partial charge in [-0.25, -0.2) is 4.98 Å². The first kappa shape index (κ1) is 25.2. The molecule has 0 aliphatic heterocycles. The molecule has 3 aromatic rings. The van der Waals surface area contributed by atoms with E-state index in [1.165, 1.54) is 6.20 Å². The first-order valence-corrected chi connectivity index (χ1v) is 12.8. The van der Waals surface area contributed by atoms with E-state index in [-0.39, 0.29) is 35.3 Å². The summed E-state index contributed by atoms with van der Waals surface area (Å²) in [5, 5.41) is 13.7. The van der Waals surface area contributed by atoms with Gasteiger partial charge in [0.1, 0.15) is 22.9 Å². The maximum Gasteiger partial charge on any atom is 0.274 e. The van der Waals surface area contributed by atoms with Crippen molar-refractivity contribution in [1.29, 1.82) is 0 Å². The van der Waals surface area contributed by atoms with Gasteiger partial charge in [0.2, 0.25) is 0 Å². The summed E-state index contributed by atoms with van der Waals surface area (Å²) >= 11 is 0. The van der Waals surface area contributed by atoms with Crippen LogP contribution in [0.2, 0.25) is 0 Å². The van der Waals surface area contributed by atoms with Gasteiger partial charge in [0.15, 0.2) is 5.65 Å². The van der Waals surface area contributed by atoms with Gasteiger partial charge in [0.05, 0.1) is 23.9 Å². The maximum absolute atomic E-state index is 13.3. The van der Waals surface area contributed by atoms with Gasteiger partial charge in [-0.2, -0.15) is 9.61 Å². The number of rotatable bonds is 8. The third-order valence-electron chi connectivity index (χ3n) is 8.02. The molecule has 3 aromatic heterocycles. The average molecular weight is 510 g/mol. The van der Waals surface area contributed by atoms with Crippen LogP contribution in [0, 0.1) is 0 Å². The Hall–Kier alpha value is -3.44. The predicted molar refractivity (Wildman–Crippen MR) is 141 cm³/mol. The van der Waals surface area contributed by atoms with Crippen LogP contribution < -0.4 is 21.5 Å². The molecule has 1 amide bonds. The number of anilines is 3. The van der Waals surface area contributed by atoms with Crippen LogP contribution in [0.15, 0.2) is 35.4 Å². The Morgan fingerprint density at radius 1 is 1.19 bits per heavy atom. The van der Waals surface area contributed by atoms with E-state index in [9.17, 15) is 9.59 Å². The molecule has 0 bridgehead atoms. The minimum atomic E-state index is -0.370. The van der Waals surface area contributed by atoms with E-state index in [0.29, 0.717) is 28.5 Å². The van der Waals surface area contributed by atoms with Gasteiger partial charge in [-0.15, -0.1) is 0 Å². The maximum atomic E-state index is 13.3. The molecule has 3 heterocycles. The van der Waals surface area contributed by atoms with Crippen LogP contribution in [-0.2, 0) is 9.47 Å². The molecule has 11 heteroatoms. The lowest BCUT2D eigenvalue weighted by molar-refractivity contribution is -0.0828. The van der Waals surface area contributed by atoms with Crippen LogP contribution in [0.5, 0.6) is 0 Å². The Kier molecular flexibility index (Phi) is 6.91. The molecule has 2 fully saturated rings. The first-order valence-electron chi connectivity index (χ1n) is 12.8. The average Bonchev–Trinajstić information content (AvgIpc) is 3.35. The molecular weight excluding hydrogens is 474 g/mol. The lowest BCUT2D eigenvalue weighted by atomic mass is 9.76. The molecule has 3 N–H and O–H groups in total. The summed E-state index contributed by atoms with van der Waals surface area (Å²) < 4.78 is 14.4. The minimum absolute atomic E-state index is 0.0771. The topological polar surface area (TPSA) is 124 Å². The zero-order valence-corrected chi connectivity index (χ0v) is 21.8. The highest BCUT2D eigenvalue weighted by Gasteiger charge is 2.44. The third-order valence-corrected chi connectivity index (χ3v) is 8.02. The standard InChI is InChI=1S/C26H35N7O4/c1-26(37-4)12-11-20(26)30-24(34)18-15-28-33-22(27-2)14-21(31-23(18)33)29-19-6-5-13-32(25(19)35)16-7-9-17(36-3)10-8-16/h5-6,13-17,20,27H,7-12H2,1-4H3,(H,29,31)(H,30,34)/t16?,17?,20?,26-/m1/s1. The van der Waals surface area contributed by atoms with Crippen molar-refractivity contribution >= 4 is 28.9 Å². The molecular formula is C26H35N7O4. The number of hydrogen-bond donors (Lipinski definition) is 3. The molecule has 198 valence electrons. The fourth-order valence-electron chi connectivity index (χ4n) is 5.36. The number of nitrogens with zero attached hydrogens (tertiary/aromatic N) is 4. The smallest absolute Gasteiger partial charge is 0.274 e. The number of amides is 1. The summed E-state index contributed by atoms with van der Waals surface area (Å²) in [7, 11) is 5.17. The van der Waals surface area contributed by atoms with Crippen molar-refractivity contribution in [2.75, 3.05) is 31.9 Å². The van der Waals surface area contributed by atoms with Crippen molar-refractivity contribution < 1.29 is 14.3 Å². The highest BCUT2D eigenvalue weighted by Crippen LogP contribution is 2.35. The second-order valence-corrected chi connectivity index (χ2v) is 10.1. The van der Waals surface area contributed by atoms with Gasteiger partial charge >= 0.3 is 0 Å². The monoisotopic (exact) mass is 509 g/mol. The zero-order chi connectivity index (χ0) is 26.2. The van der Waals surface area contributed by atoms with Gasteiger partial charge in [-0.3, -0.25) is 9.59 Å². The number of hydrogen-bond acceptors (Lipinski definition) is 8. The van der Waals surface area contributed by atoms with Gasteiger partial charge in [-0.1, -0.05) is 0 Å². The zero-order valence-electron chi connectivity index (χ0n) is 21.8. The van der Waals surface area contributed by atoms with E-state index in [4.69, 9.17) is 9.47 Å². The highest BCUT2D eigenvalue weighted by molar-refractivity contribution is 6.00. The number of methoxy groups -OCH3 is 2. The quantitative estimate of drug-likeness (QED) is 0.423. The van der Waals surface area contributed by atoms with Gasteiger partial charge in [0, 0.05) is 39.6 Å². The Morgan fingerprint density at radius 2 is 1.97 bits per heavy atom. The molecule has 0 saturated heterocycles. The lowest BCUT2D eigenvalue weighted by Gasteiger charge is -2.45. The van der Waals surface area contributed by atoms with Crippen LogP contribution >= 0.6 is 0 Å². The van der Waals surface area contributed by atoms with Crippen molar-refractivity contribution in [3.05, 3.63) is 46.5 Å². The van der Waals surface area contributed by atoms with E-state index < -0.39 is 0 Å². The van der Waals surface area contributed by atoms with Crippen LogP contribution in [0.25, 0.3) is 5.65 Å². The molecule has 2 aliphatic carbocycles. The summed E-state index contributed by atoms with van der Waals surface area (Å²) in [6.07, 6.45) is 9.02. The first-order chi connectivity index (χ1) is 17.9. The van der Waals surface area contributed by atoms with E-state index in [1.807, 2.05) is 19.2 Å². The molecule has 0 spiro atoms. The van der Waals surface area contributed by atoms with E-state index in [2.05, 4.69) is 26.0 Å². The van der Waals surface area contributed by atoms with E-state index in [0.717, 1.165) is 38.5 Å².